The Hall–Kier alpha value is -2.30. The average Bonchev–Trinajstić information content (AvgIpc) is 3.32. The lowest BCUT2D eigenvalue weighted by atomic mass is 10.1. The molecule has 0 unspecified atom stereocenters. The monoisotopic (exact) mass is 312 g/mol. The molecule has 2 aromatic rings. The van der Waals surface area contributed by atoms with Gasteiger partial charge >= 0.3 is 6.03 Å². The van der Waals surface area contributed by atoms with Crippen LogP contribution in [0.1, 0.15) is 36.0 Å². The van der Waals surface area contributed by atoms with E-state index in [1.165, 1.54) is 24.1 Å². The second-order valence-electron chi connectivity index (χ2n) is 6.09. The topological polar surface area (TPSA) is 59.0 Å². The Kier molecular flexibility index (Phi) is 4.95. The van der Waals surface area contributed by atoms with Gasteiger partial charge < -0.3 is 15.2 Å². The fourth-order valence-electron chi connectivity index (χ4n) is 2.83. The predicted molar refractivity (Wildman–Crippen MR) is 90.5 cm³/mol. The molecule has 1 heterocycles. The normalized spacial score (nSPS) is 13.8. The fraction of sp³-hybridized carbons (Fsp3) is 0.444. The first kappa shape index (κ1) is 15.6. The molecule has 1 aromatic heterocycles. The summed E-state index contributed by atoms with van der Waals surface area (Å²) in [6, 6.07) is 10.7. The van der Waals surface area contributed by atoms with Crippen LogP contribution in [0.5, 0.6) is 0 Å². The van der Waals surface area contributed by atoms with Gasteiger partial charge in [0.15, 0.2) is 0 Å². The molecular formula is C18H24N4O. The molecule has 5 nitrogen and oxygen atoms in total. The number of carbonyl (C=O) groups excluding carboxylic acids is 1. The number of hydrogen-bond acceptors (Lipinski definition) is 2. The lowest BCUT2D eigenvalue weighted by molar-refractivity contribution is 0.241. The molecule has 0 spiro atoms. The van der Waals surface area contributed by atoms with E-state index in [2.05, 4.69) is 39.2 Å². The van der Waals surface area contributed by atoms with Crippen molar-refractivity contribution in [3.8, 4) is 0 Å². The van der Waals surface area contributed by atoms with E-state index in [1.807, 2.05) is 24.4 Å². The fourth-order valence-corrected chi connectivity index (χ4v) is 2.83. The molecule has 1 aromatic carbocycles. The lowest BCUT2D eigenvalue weighted by Crippen LogP contribution is -2.37. The van der Waals surface area contributed by atoms with Gasteiger partial charge in [-0.05, 0) is 31.7 Å². The maximum Gasteiger partial charge on any atom is 0.314 e. The number of rotatable bonds is 7. The van der Waals surface area contributed by atoms with Crippen molar-refractivity contribution < 1.29 is 4.79 Å². The van der Waals surface area contributed by atoms with Gasteiger partial charge in [-0.2, -0.15) is 0 Å². The van der Waals surface area contributed by atoms with Crippen LogP contribution in [0.2, 0.25) is 0 Å². The SMILES string of the molecule is Cc1cnc(CCNC(=O)NCCc2ccccc2)n1C1CC1. The zero-order chi connectivity index (χ0) is 16.1. The first-order valence-corrected chi connectivity index (χ1v) is 8.32. The molecular weight excluding hydrogens is 288 g/mol. The zero-order valence-electron chi connectivity index (χ0n) is 13.6. The summed E-state index contributed by atoms with van der Waals surface area (Å²) in [5.41, 5.74) is 2.45. The number of carbonyl (C=O) groups is 1. The van der Waals surface area contributed by atoms with Crippen LogP contribution < -0.4 is 10.6 Å². The van der Waals surface area contributed by atoms with E-state index in [-0.39, 0.29) is 6.03 Å². The minimum atomic E-state index is -0.109. The van der Waals surface area contributed by atoms with Crippen molar-refractivity contribution in [2.75, 3.05) is 13.1 Å². The summed E-state index contributed by atoms with van der Waals surface area (Å²) in [6.45, 7) is 3.35. The van der Waals surface area contributed by atoms with Gasteiger partial charge in [0.2, 0.25) is 0 Å². The summed E-state index contributed by atoms with van der Waals surface area (Å²) >= 11 is 0. The van der Waals surface area contributed by atoms with Gasteiger partial charge in [-0.1, -0.05) is 30.3 Å². The van der Waals surface area contributed by atoms with Crippen LogP contribution in [0.25, 0.3) is 0 Å². The number of nitrogens with zero attached hydrogens (tertiary/aromatic N) is 2. The van der Waals surface area contributed by atoms with Gasteiger partial charge in [0.25, 0.3) is 0 Å². The van der Waals surface area contributed by atoms with Crippen molar-refractivity contribution in [3.05, 3.63) is 53.6 Å². The first-order chi connectivity index (χ1) is 11.2. The van der Waals surface area contributed by atoms with E-state index in [9.17, 15) is 4.79 Å². The smallest absolute Gasteiger partial charge is 0.314 e. The van der Waals surface area contributed by atoms with Crippen LogP contribution >= 0.6 is 0 Å². The Balaban J connectivity index is 1.36. The minimum Gasteiger partial charge on any atom is -0.338 e. The molecule has 1 aliphatic carbocycles. The van der Waals surface area contributed by atoms with Crippen molar-refractivity contribution in [2.24, 2.45) is 0 Å². The second-order valence-corrected chi connectivity index (χ2v) is 6.09. The number of urea groups is 1. The Bertz CT molecular complexity index is 646. The first-order valence-electron chi connectivity index (χ1n) is 8.32. The number of benzene rings is 1. The van der Waals surface area contributed by atoms with E-state index < -0.39 is 0 Å². The van der Waals surface area contributed by atoms with Crippen LogP contribution in [0.3, 0.4) is 0 Å². The molecule has 2 amide bonds. The standard InChI is InChI=1S/C18H24N4O/c1-14-13-21-17(22(14)16-7-8-16)10-12-20-18(23)19-11-9-15-5-3-2-4-6-15/h2-6,13,16H,7-12H2,1H3,(H2,19,20,23). The summed E-state index contributed by atoms with van der Waals surface area (Å²) in [5.74, 6) is 1.08. The molecule has 5 heteroatoms. The molecule has 0 saturated heterocycles. The van der Waals surface area contributed by atoms with Crippen LogP contribution in [0.4, 0.5) is 4.79 Å². The quantitative estimate of drug-likeness (QED) is 0.825. The van der Waals surface area contributed by atoms with Crippen molar-refractivity contribution in [1.82, 2.24) is 20.2 Å². The second kappa shape index (κ2) is 7.31. The molecule has 2 N–H and O–H groups in total. The Morgan fingerprint density at radius 3 is 2.57 bits per heavy atom. The number of nitrogens with one attached hydrogen (secondary N) is 2. The molecule has 122 valence electrons. The Morgan fingerprint density at radius 2 is 1.87 bits per heavy atom. The average molecular weight is 312 g/mol. The minimum absolute atomic E-state index is 0.109. The highest BCUT2D eigenvalue weighted by Gasteiger charge is 2.26. The van der Waals surface area contributed by atoms with E-state index in [0.717, 1.165) is 18.7 Å². The van der Waals surface area contributed by atoms with Crippen molar-refractivity contribution in [2.45, 2.75) is 38.6 Å². The summed E-state index contributed by atoms with van der Waals surface area (Å²) in [7, 11) is 0. The van der Waals surface area contributed by atoms with Gasteiger partial charge in [-0.15, -0.1) is 0 Å². The number of aryl methyl sites for hydroxylation is 1. The lowest BCUT2D eigenvalue weighted by Gasteiger charge is -2.10. The van der Waals surface area contributed by atoms with E-state index in [0.29, 0.717) is 19.1 Å². The third-order valence-electron chi connectivity index (χ3n) is 4.15. The number of hydrogen-bond donors (Lipinski definition) is 2. The van der Waals surface area contributed by atoms with Gasteiger partial charge in [0.05, 0.1) is 0 Å². The highest BCUT2D eigenvalue weighted by Crippen LogP contribution is 2.36. The highest BCUT2D eigenvalue weighted by molar-refractivity contribution is 5.73. The zero-order valence-corrected chi connectivity index (χ0v) is 13.6. The third-order valence-corrected chi connectivity index (χ3v) is 4.15. The number of aromatic nitrogens is 2. The van der Waals surface area contributed by atoms with Crippen LogP contribution in [-0.4, -0.2) is 28.7 Å². The van der Waals surface area contributed by atoms with E-state index in [4.69, 9.17) is 0 Å². The molecule has 1 saturated carbocycles. The molecule has 0 radical (unpaired) electrons. The summed E-state index contributed by atoms with van der Waals surface area (Å²) in [5, 5.41) is 5.80. The van der Waals surface area contributed by atoms with E-state index in [1.54, 1.807) is 0 Å². The maximum atomic E-state index is 11.8. The molecule has 0 aliphatic heterocycles. The summed E-state index contributed by atoms with van der Waals surface area (Å²) < 4.78 is 2.31. The molecule has 23 heavy (non-hydrogen) atoms. The Labute approximate surface area is 137 Å². The third kappa shape index (κ3) is 4.34. The number of amides is 2. The van der Waals surface area contributed by atoms with Gasteiger partial charge in [0, 0.05) is 37.4 Å². The largest absolute Gasteiger partial charge is 0.338 e. The van der Waals surface area contributed by atoms with E-state index >= 15 is 0 Å². The molecule has 1 fully saturated rings. The van der Waals surface area contributed by atoms with Crippen LogP contribution in [0, 0.1) is 6.92 Å². The van der Waals surface area contributed by atoms with Gasteiger partial charge in [-0.25, -0.2) is 9.78 Å². The van der Waals surface area contributed by atoms with Crippen molar-refractivity contribution in [3.63, 3.8) is 0 Å². The van der Waals surface area contributed by atoms with Gasteiger partial charge in [-0.3, -0.25) is 0 Å². The number of imidazole rings is 1. The van der Waals surface area contributed by atoms with Crippen molar-refractivity contribution >= 4 is 6.03 Å². The highest BCUT2D eigenvalue weighted by atomic mass is 16.2. The summed E-state index contributed by atoms with van der Waals surface area (Å²) in [6.07, 6.45) is 6.04. The van der Waals surface area contributed by atoms with Crippen LogP contribution in [-0.2, 0) is 12.8 Å². The molecule has 1 aliphatic rings. The van der Waals surface area contributed by atoms with Crippen LogP contribution in [0.15, 0.2) is 36.5 Å². The Morgan fingerprint density at radius 1 is 1.17 bits per heavy atom. The van der Waals surface area contributed by atoms with Crippen molar-refractivity contribution in [1.29, 1.82) is 0 Å². The van der Waals surface area contributed by atoms with Gasteiger partial charge in [0.1, 0.15) is 5.82 Å². The molecule has 3 rings (SSSR count). The predicted octanol–water partition coefficient (Wildman–Crippen LogP) is 2.61. The summed E-state index contributed by atoms with van der Waals surface area (Å²) in [4.78, 5) is 16.3. The maximum absolute atomic E-state index is 11.8. The molecule has 0 bridgehead atoms. The molecule has 0 atom stereocenters.